The lowest BCUT2D eigenvalue weighted by atomic mass is 9.77. The number of fused-ring (bicyclic) bond motifs is 1. The fourth-order valence-electron chi connectivity index (χ4n) is 8.14. The van der Waals surface area contributed by atoms with Crippen LogP contribution in [0.5, 0.6) is 0 Å². The van der Waals surface area contributed by atoms with Gasteiger partial charge < -0.3 is 19.9 Å². The van der Waals surface area contributed by atoms with Crippen LogP contribution >= 0.6 is 0 Å². The molecule has 4 atom stereocenters. The molecule has 0 aliphatic carbocycles. The molecule has 9 heteroatoms. The molecule has 282 valence electrons. The van der Waals surface area contributed by atoms with Crippen molar-refractivity contribution in [3.63, 3.8) is 0 Å². The number of benzene rings is 6. The third-order valence-corrected chi connectivity index (χ3v) is 10.9. The summed E-state index contributed by atoms with van der Waals surface area (Å²) in [4.78, 5) is 14.0. The number of hydrogen-bond acceptors (Lipinski definition) is 7. The molecule has 2 N–H and O–H groups in total. The van der Waals surface area contributed by atoms with Crippen LogP contribution in [0.1, 0.15) is 39.6 Å². The maximum atomic E-state index is 16.3. The molecule has 8 nitrogen and oxygen atoms in total. The van der Waals surface area contributed by atoms with Crippen molar-refractivity contribution in [2.24, 2.45) is 0 Å². The van der Waals surface area contributed by atoms with Crippen molar-refractivity contribution in [2.75, 3.05) is 11.9 Å². The number of anilines is 1. The zero-order valence-electron chi connectivity index (χ0n) is 30.9. The van der Waals surface area contributed by atoms with Crippen LogP contribution in [-0.4, -0.2) is 49.6 Å². The Morgan fingerprint density at radius 2 is 1.02 bits per heavy atom. The molecule has 1 aliphatic rings. The van der Waals surface area contributed by atoms with E-state index in [1.807, 2.05) is 146 Å². The Hall–Kier alpha value is -6.52. The number of alkyl halides is 1. The van der Waals surface area contributed by atoms with E-state index in [-0.39, 0.29) is 6.61 Å². The van der Waals surface area contributed by atoms with E-state index >= 15 is 4.39 Å². The fraction of sp³-hybridized carbons (Fsp3) is 0.146. The van der Waals surface area contributed by atoms with Gasteiger partial charge in [-0.1, -0.05) is 182 Å². The van der Waals surface area contributed by atoms with Crippen molar-refractivity contribution < 1.29 is 19.0 Å². The van der Waals surface area contributed by atoms with E-state index in [1.54, 1.807) is 4.57 Å². The summed E-state index contributed by atoms with van der Waals surface area (Å²) < 4.78 is 31.2. The van der Waals surface area contributed by atoms with Crippen molar-refractivity contribution in [2.45, 2.75) is 35.7 Å². The number of nitrogens with zero attached hydrogens (tertiary/aromatic N) is 4. The number of aliphatic hydroxyl groups is 1. The molecule has 3 heterocycles. The Balaban J connectivity index is 1.07. The topological polar surface area (TPSA) is 94.3 Å². The number of aliphatic hydroxyl groups excluding tert-OH is 1. The second-order valence-corrected chi connectivity index (χ2v) is 14.1. The number of hydrogen-bond donors (Lipinski definition) is 2. The van der Waals surface area contributed by atoms with Gasteiger partial charge in [0.2, 0.25) is 0 Å². The number of imidazole rings is 1. The zero-order chi connectivity index (χ0) is 38.7. The Morgan fingerprint density at radius 3 is 1.46 bits per heavy atom. The number of halogens is 1. The van der Waals surface area contributed by atoms with Gasteiger partial charge in [-0.2, -0.15) is 0 Å². The highest BCUT2D eigenvalue weighted by molar-refractivity contribution is 5.84. The second kappa shape index (κ2) is 15.5. The van der Waals surface area contributed by atoms with Crippen LogP contribution in [0, 0.1) is 0 Å². The molecule has 6 aromatic carbocycles. The van der Waals surface area contributed by atoms with E-state index in [0.717, 1.165) is 33.4 Å². The van der Waals surface area contributed by atoms with Gasteiger partial charge in [0.05, 0.1) is 12.9 Å². The molecule has 1 saturated heterocycles. The third-order valence-electron chi connectivity index (χ3n) is 10.9. The Bertz CT molecular complexity index is 2330. The summed E-state index contributed by atoms with van der Waals surface area (Å²) in [6.07, 6.45) is -2.58. The molecule has 9 rings (SSSR count). The largest absolute Gasteiger partial charge is 0.385 e. The van der Waals surface area contributed by atoms with Gasteiger partial charge >= 0.3 is 0 Å². The molecule has 0 radical (unpaired) electrons. The normalized spacial score (nSPS) is 18.4. The van der Waals surface area contributed by atoms with Crippen LogP contribution in [-0.2, 0) is 20.6 Å². The van der Waals surface area contributed by atoms with Crippen LogP contribution < -0.4 is 5.32 Å². The van der Waals surface area contributed by atoms with Crippen molar-refractivity contribution in [1.29, 1.82) is 0 Å². The zero-order valence-corrected chi connectivity index (χ0v) is 30.9. The predicted octanol–water partition coefficient (Wildman–Crippen LogP) is 8.84. The van der Waals surface area contributed by atoms with Crippen molar-refractivity contribution in [3.8, 4) is 0 Å². The van der Waals surface area contributed by atoms with Gasteiger partial charge in [-0.25, -0.2) is 19.3 Å². The Morgan fingerprint density at radius 1 is 0.596 bits per heavy atom. The van der Waals surface area contributed by atoms with Gasteiger partial charge in [0.15, 0.2) is 29.4 Å². The number of aromatic nitrogens is 4. The summed E-state index contributed by atoms with van der Waals surface area (Å²) >= 11 is 0. The molecule has 1 fully saturated rings. The summed E-state index contributed by atoms with van der Waals surface area (Å²) in [7, 11) is 0. The third kappa shape index (κ3) is 6.45. The molecule has 0 amide bonds. The van der Waals surface area contributed by atoms with Gasteiger partial charge in [-0.15, -0.1) is 0 Å². The van der Waals surface area contributed by atoms with Crippen LogP contribution in [0.3, 0.4) is 0 Å². The number of nitrogens with one attached hydrogen (secondary N) is 1. The maximum absolute atomic E-state index is 16.3. The highest BCUT2D eigenvalue weighted by atomic mass is 19.1. The van der Waals surface area contributed by atoms with E-state index in [2.05, 4.69) is 46.7 Å². The lowest BCUT2D eigenvalue weighted by Gasteiger charge is -2.37. The smallest absolute Gasteiger partial charge is 0.167 e. The van der Waals surface area contributed by atoms with Gasteiger partial charge in [0.25, 0.3) is 0 Å². The summed E-state index contributed by atoms with van der Waals surface area (Å²) in [6.45, 7) is -0.157. The first-order valence-electron chi connectivity index (χ1n) is 19.0. The monoisotopic (exact) mass is 753 g/mol. The fourth-order valence-corrected chi connectivity index (χ4v) is 8.14. The quantitative estimate of drug-likeness (QED) is 0.121. The van der Waals surface area contributed by atoms with Gasteiger partial charge in [-0.3, -0.25) is 4.57 Å². The van der Waals surface area contributed by atoms with Crippen LogP contribution in [0.4, 0.5) is 10.2 Å². The number of ether oxygens (including phenoxy) is 2. The molecule has 0 saturated carbocycles. The Labute approximate surface area is 330 Å². The van der Waals surface area contributed by atoms with Crippen LogP contribution in [0.15, 0.2) is 195 Å². The highest BCUT2D eigenvalue weighted by Crippen LogP contribution is 2.44. The first-order chi connectivity index (χ1) is 28.1. The van der Waals surface area contributed by atoms with E-state index in [1.165, 1.54) is 12.7 Å². The molecular weight excluding hydrogens is 714 g/mol. The minimum Gasteiger partial charge on any atom is -0.385 e. The predicted molar refractivity (Wildman–Crippen MR) is 218 cm³/mol. The minimum absolute atomic E-state index is 0.157. The average Bonchev–Trinajstić information content (AvgIpc) is 3.85. The molecular formula is C48H40FN5O3. The molecule has 57 heavy (non-hydrogen) atoms. The van der Waals surface area contributed by atoms with Gasteiger partial charge in [0, 0.05) is 0 Å². The van der Waals surface area contributed by atoms with Crippen molar-refractivity contribution >= 4 is 17.0 Å². The first-order valence-corrected chi connectivity index (χ1v) is 19.0. The van der Waals surface area contributed by atoms with Crippen molar-refractivity contribution in [3.05, 3.63) is 228 Å². The molecule has 1 unspecified atom stereocenters. The van der Waals surface area contributed by atoms with Crippen molar-refractivity contribution in [1.82, 2.24) is 19.5 Å². The lowest BCUT2D eigenvalue weighted by Crippen LogP contribution is -2.38. The standard InChI is InChI=1S/C48H40FN5O3/c49-41-40(31-56-48(37-25-13-4-14-26-37,38-27-15-5-16-28-38)39-29-17-6-18-30-39)57-46(43(41)55)54-33-52-42-44(50-32-51-45(42)54)53-47(34-19-7-1-8-20-34,35-21-9-2-10-22-35)36-23-11-3-12-24-36/h1-30,32-33,40-41,43,46,55H,31H2,(H,50,51,53)/t40-,41+,43-,46?/m1/s1. The molecule has 0 bridgehead atoms. The summed E-state index contributed by atoms with van der Waals surface area (Å²) in [5.74, 6) is 0.456. The summed E-state index contributed by atoms with van der Waals surface area (Å²) in [6, 6.07) is 60.2. The lowest BCUT2D eigenvalue weighted by molar-refractivity contribution is -0.0893. The average molecular weight is 754 g/mol. The van der Waals surface area contributed by atoms with Gasteiger partial charge in [0.1, 0.15) is 29.7 Å². The SMILES string of the molecule is O[C@H]1C(n2cnc3c(NC(c4ccccc4)(c4ccccc4)c4ccccc4)ncnc32)O[C@H](COC(c2ccccc2)(c2ccccc2)c2ccccc2)[C@@H]1F. The second-order valence-electron chi connectivity index (χ2n) is 14.1. The van der Waals surface area contributed by atoms with E-state index in [9.17, 15) is 5.11 Å². The molecule has 1 aliphatic heterocycles. The van der Waals surface area contributed by atoms with E-state index in [4.69, 9.17) is 19.4 Å². The van der Waals surface area contributed by atoms with Gasteiger partial charge in [-0.05, 0) is 33.4 Å². The van der Waals surface area contributed by atoms with E-state index in [0.29, 0.717) is 17.0 Å². The minimum atomic E-state index is -1.77. The Kier molecular flexibility index (Phi) is 9.86. The van der Waals surface area contributed by atoms with Crippen LogP contribution in [0.2, 0.25) is 0 Å². The van der Waals surface area contributed by atoms with E-state index < -0.39 is 35.7 Å². The highest BCUT2D eigenvalue weighted by Gasteiger charge is 2.48. The molecule has 2 aromatic heterocycles. The molecule has 8 aromatic rings. The summed E-state index contributed by atoms with van der Waals surface area (Å²) in [5, 5.41) is 15.3. The number of rotatable bonds is 12. The maximum Gasteiger partial charge on any atom is 0.167 e. The molecule has 0 spiro atoms. The summed E-state index contributed by atoms with van der Waals surface area (Å²) in [5.41, 5.74) is 4.44. The van der Waals surface area contributed by atoms with Crippen LogP contribution in [0.25, 0.3) is 11.2 Å². The first kappa shape index (κ1) is 36.1.